The lowest BCUT2D eigenvalue weighted by Gasteiger charge is -2.13. The summed E-state index contributed by atoms with van der Waals surface area (Å²) < 4.78 is 10.2. The zero-order valence-electron chi connectivity index (χ0n) is 10.7. The van der Waals surface area contributed by atoms with E-state index in [4.69, 9.17) is 14.9 Å². The topological polar surface area (TPSA) is 107 Å². The Morgan fingerprint density at radius 2 is 2.33 bits per heavy atom. The quantitative estimate of drug-likeness (QED) is 0.561. The summed E-state index contributed by atoms with van der Waals surface area (Å²) in [6, 6.07) is 0.306. The van der Waals surface area contributed by atoms with Crippen LogP contribution in [-0.2, 0) is 16.0 Å². The van der Waals surface area contributed by atoms with E-state index < -0.39 is 0 Å². The lowest BCUT2D eigenvalue weighted by atomic mass is 10.4. The van der Waals surface area contributed by atoms with Crippen LogP contribution in [0.5, 0.6) is 0 Å². The number of likely N-dealkylation sites (N-methyl/N-ethyl adjacent to an activating group) is 1. The van der Waals surface area contributed by atoms with Crippen molar-refractivity contribution >= 4 is 11.9 Å². The molecule has 0 aromatic carbocycles. The first-order valence-corrected chi connectivity index (χ1v) is 5.66. The van der Waals surface area contributed by atoms with Gasteiger partial charge in [-0.05, 0) is 0 Å². The van der Waals surface area contributed by atoms with Gasteiger partial charge in [-0.1, -0.05) is 5.10 Å². The minimum Gasteiger partial charge on any atom is -0.408 e. The lowest BCUT2D eigenvalue weighted by molar-refractivity contribution is -0.119. The maximum absolute atomic E-state index is 11.5. The SMILES string of the molecule is COCCNC(=O)CN(C)c1nnc(CCN)o1. The molecule has 0 saturated carbocycles. The van der Waals surface area contributed by atoms with Crippen molar-refractivity contribution in [2.75, 3.05) is 45.3 Å². The molecule has 1 aromatic heterocycles. The Kier molecular flexibility index (Phi) is 6.09. The number of nitrogens with one attached hydrogen (secondary N) is 1. The molecule has 0 aliphatic heterocycles. The number of anilines is 1. The predicted molar refractivity (Wildman–Crippen MR) is 65.2 cm³/mol. The van der Waals surface area contributed by atoms with E-state index >= 15 is 0 Å². The highest BCUT2D eigenvalue weighted by Gasteiger charge is 2.13. The number of nitrogens with two attached hydrogens (primary N) is 1. The average molecular weight is 257 g/mol. The van der Waals surface area contributed by atoms with E-state index in [0.29, 0.717) is 38.0 Å². The molecule has 1 amide bonds. The Labute approximate surface area is 105 Å². The minimum absolute atomic E-state index is 0.131. The Morgan fingerprint density at radius 1 is 1.56 bits per heavy atom. The smallest absolute Gasteiger partial charge is 0.318 e. The molecule has 0 atom stereocenters. The van der Waals surface area contributed by atoms with Crippen molar-refractivity contribution in [1.29, 1.82) is 0 Å². The van der Waals surface area contributed by atoms with Crippen molar-refractivity contribution in [2.24, 2.45) is 5.73 Å². The van der Waals surface area contributed by atoms with Crippen molar-refractivity contribution in [3.05, 3.63) is 5.89 Å². The number of carbonyl (C=O) groups is 1. The molecular formula is C10H19N5O3. The third-order valence-electron chi connectivity index (χ3n) is 2.15. The zero-order valence-corrected chi connectivity index (χ0v) is 10.7. The molecule has 0 aliphatic rings. The summed E-state index contributed by atoms with van der Waals surface area (Å²) in [5, 5.41) is 10.4. The summed E-state index contributed by atoms with van der Waals surface area (Å²) in [5.41, 5.74) is 5.38. The Balaban J connectivity index is 2.38. The van der Waals surface area contributed by atoms with Gasteiger partial charge in [-0.3, -0.25) is 4.79 Å². The highest BCUT2D eigenvalue weighted by atomic mass is 16.5. The Morgan fingerprint density at radius 3 is 3.00 bits per heavy atom. The van der Waals surface area contributed by atoms with Gasteiger partial charge < -0.3 is 25.1 Å². The molecule has 3 N–H and O–H groups in total. The van der Waals surface area contributed by atoms with E-state index in [1.54, 1.807) is 19.1 Å². The van der Waals surface area contributed by atoms with Gasteiger partial charge in [-0.2, -0.15) is 0 Å². The van der Waals surface area contributed by atoms with E-state index in [1.165, 1.54) is 0 Å². The number of methoxy groups -OCH3 is 1. The highest BCUT2D eigenvalue weighted by Crippen LogP contribution is 2.09. The van der Waals surface area contributed by atoms with E-state index in [2.05, 4.69) is 15.5 Å². The van der Waals surface area contributed by atoms with Crippen LogP contribution >= 0.6 is 0 Å². The standard InChI is InChI=1S/C10H19N5O3/c1-15(7-8(16)12-5-6-17-2)10-14-13-9(18-10)3-4-11/h3-7,11H2,1-2H3,(H,12,16). The van der Waals surface area contributed by atoms with Crippen LogP contribution in [0.3, 0.4) is 0 Å². The molecule has 1 aromatic rings. The number of nitrogens with zero attached hydrogens (tertiary/aromatic N) is 3. The molecule has 18 heavy (non-hydrogen) atoms. The van der Waals surface area contributed by atoms with Crippen LogP contribution in [0, 0.1) is 0 Å². The average Bonchev–Trinajstić information content (AvgIpc) is 2.78. The molecular weight excluding hydrogens is 238 g/mol. The third kappa shape index (κ3) is 4.68. The second kappa shape index (κ2) is 7.62. The number of amides is 1. The summed E-state index contributed by atoms with van der Waals surface area (Å²) in [6.07, 6.45) is 0.529. The molecule has 0 saturated heterocycles. The Hall–Kier alpha value is -1.67. The highest BCUT2D eigenvalue weighted by molar-refractivity contribution is 5.80. The lowest BCUT2D eigenvalue weighted by Crippen LogP contribution is -2.36. The number of carbonyl (C=O) groups excluding carboxylic acids is 1. The van der Waals surface area contributed by atoms with Crippen LogP contribution in [0.15, 0.2) is 4.42 Å². The van der Waals surface area contributed by atoms with Crippen LogP contribution in [0.1, 0.15) is 5.89 Å². The molecule has 102 valence electrons. The fraction of sp³-hybridized carbons (Fsp3) is 0.700. The van der Waals surface area contributed by atoms with Crippen molar-refractivity contribution in [2.45, 2.75) is 6.42 Å². The number of hydrogen-bond acceptors (Lipinski definition) is 7. The van der Waals surface area contributed by atoms with Crippen molar-refractivity contribution < 1.29 is 13.9 Å². The monoisotopic (exact) mass is 257 g/mol. The van der Waals surface area contributed by atoms with Gasteiger partial charge in [0.15, 0.2) is 0 Å². The van der Waals surface area contributed by atoms with Gasteiger partial charge in [0, 0.05) is 33.7 Å². The van der Waals surface area contributed by atoms with Gasteiger partial charge in [0.1, 0.15) is 6.54 Å². The first-order chi connectivity index (χ1) is 8.67. The normalized spacial score (nSPS) is 10.4. The largest absolute Gasteiger partial charge is 0.408 e. The number of rotatable bonds is 8. The molecule has 8 heteroatoms. The number of hydrogen-bond donors (Lipinski definition) is 2. The van der Waals surface area contributed by atoms with E-state index in [9.17, 15) is 4.79 Å². The maximum atomic E-state index is 11.5. The molecule has 0 radical (unpaired) electrons. The molecule has 1 heterocycles. The van der Waals surface area contributed by atoms with Crippen LogP contribution in [-0.4, -0.2) is 56.5 Å². The van der Waals surface area contributed by atoms with Gasteiger partial charge in [0.05, 0.1) is 6.61 Å². The molecule has 0 bridgehead atoms. The summed E-state index contributed by atoms with van der Waals surface area (Å²) in [7, 11) is 3.28. The van der Waals surface area contributed by atoms with Crippen LogP contribution in [0.4, 0.5) is 6.01 Å². The third-order valence-corrected chi connectivity index (χ3v) is 2.15. The first-order valence-electron chi connectivity index (χ1n) is 5.66. The number of ether oxygens (including phenoxy) is 1. The summed E-state index contributed by atoms with van der Waals surface area (Å²) in [4.78, 5) is 13.1. The first kappa shape index (κ1) is 14.4. The van der Waals surface area contributed by atoms with Crippen molar-refractivity contribution in [1.82, 2.24) is 15.5 Å². The van der Waals surface area contributed by atoms with Crippen LogP contribution in [0.25, 0.3) is 0 Å². The Bertz CT molecular complexity index is 368. The molecule has 0 aliphatic carbocycles. The zero-order chi connectivity index (χ0) is 13.4. The van der Waals surface area contributed by atoms with Gasteiger partial charge in [0.2, 0.25) is 11.8 Å². The molecule has 8 nitrogen and oxygen atoms in total. The van der Waals surface area contributed by atoms with Crippen molar-refractivity contribution in [3.8, 4) is 0 Å². The van der Waals surface area contributed by atoms with E-state index in [-0.39, 0.29) is 12.5 Å². The molecule has 1 rings (SSSR count). The molecule has 0 spiro atoms. The van der Waals surface area contributed by atoms with E-state index in [0.717, 1.165) is 0 Å². The van der Waals surface area contributed by atoms with Crippen LogP contribution < -0.4 is 16.0 Å². The summed E-state index contributed by atoms with van der Waals surface area (Å²) >= 11 is 0. The molecule has 0 unspecified atom stereocenters. The second-order valence-electron chi connectivity index (χ2n) is 3.72. The number of aromatic nitrogens is 2. The van der Waals surface area contributed by atoms with Gasteiger partial charge in [-0.15, -0.1) is 5.10 Å². The van der Waals surface area contributed by atoms with Gasteiger partial charge in [0.25, 0.3) is 0 Å². The fourth-order valence-corrected chi connectivity index (χ4v) is 1.25. The van der Waals surface area contributed by atoms with Gasteiger partial charge >= 0.3 is 6.01 Å². The maximum Gasteiger partial charge on any atom is 0.318 e. The summed E-state index contributed by atoms with van der Waals surface area (Å²) in [6.45, 7) is 1.55. The fourth-order valence-electron chi connectivity index (χ4n) is 1.25. The van der Waals surface area contributed by atoms with E-state index in [1.807, 2.05) is 0 Å². The summed E-state index contributed by atoms with van der Waals surface area (Å²) in [5.74, 6) is 0.340. The van der Waals surface area contributed by atoms with Crippen LogP contribution in [0.2, 0.25) is 0 Å². The van der Waals surface area contributed by atoms with Crippen molar-refractivity contribution in [3.63, 3.8) is 0 Å². The second-order valence-corrected chi connectivity index (χ2v) is 3.72. The van der Waals surface area contributed by atoms with Gasteiger partial charge in [-0.25, -0.2) is 0 Å². The minimum atomic E-state index is -0.131. The predicted octanol–water partition coefficient (Wildman–Crippen LogP) is -1.23. The molecule has 0 fully saturated rings.